The number of aliphatic hydroxyl groups is 1. The maximum absolute atomic E-state index is 12.7. The minimum absolute atomic E-state index is 0.143. The van der Waals surface area contributed by atoms with Crippen molar-refractivity contribution in [2.45, 2.75) is 24.0 Å². The van der Waals surface area contributed by atoms with E-state index >= 15 is 0 Å². The van der Waals surface area contributed by atoms with Crippen LogP contribution in [0.2, 0.25) is 0 Å². The average molecular weight is 380 g/mol. The van der Waals surface area contributed by atoms with Crippen molar-refractivity contribution >= 4 is 26.0 Å². The lowest BCUT2D eigenvalue weighted by molar-refractivity contribution is -0.0516. The van der Waals surface area contributed by atoms with E-state index in [2.05, 4.69) is 15.9 Å². The first kappa shape index (κ1) is 16.7. The highest BCUT2D eigenvalue weighted by atomic mass is 79.9. The largest absolute Gasteiger partial charge is 0.496 e. The fourth-order valence-corrected chi connectivity index (χ4v) is 4.55. The molecule has 2 rings (SSSR count). The fourth-order valence-electron chi connectivity index (χ4n) is 2.18. The van der Waals surface area contributed by atoms with Crippen LogP contribution in [0.3, 0.4) is 0 Å². The molecule has 1 fully saturated rings. The molecule has 1 aromatic rings. The quantitative estimate of drug-likeness (QED) is 0.851. The van der Waals surface area contributed by atoms with E-state index < -0.39 is 16.1 Å². The van der Waals surface area contributed by atoms with Gasteiger partial charge in [-0.15, -0.1) is 0 Å². The first-order chi connectivity index (χ1) is 9.90. The molecule has 0 bridgehead atoms. The second-order valence-corrected chi connectivity index (χ2v) is 7.60. The van der Waals surface area contributed by atoms with Gasteiger partial charge in [-0.3, -0.25) is 0 Å². The summed E-state index contributed by atoms with van der Waals surface area (Å²) in [4.78, 5) is 0.181. The van der Waals surface area contributed by atoms with Crippen LogP contribution >= 0.6 is 15.9 Å². The standard InChI is InChI=1S/C13H18BrNO5S/c1-9-8-20-10(7-16)6-15(9)21(17,18)11-3-4-13(19-2)12(14)5-11/h3-5,9-10,16H,6-8H2,1-2H3. The third-order valence-corrected chi connectivity index (χ3v) is 5.98. The number of methoxy groups -OCH3 is 1. The lowest BCUT2D eigenvalue weighted by Crippen LogP contribution is -2.51. The number of aliphatic hydroxyl groups excluding tert-OH is 1. The van der Waals surface area contributed by atoms with Gasteiger partial charge < -0.3 is 14.6 Å². The van der Waals surface area contributed by atoms with Crippen LogP contribution in [0, 0.1) is 0 Å². The molecule has 8 heteroatoms. The van der Waals surface area contributed by atoms with E-state index in [1.54, 1.807) is 13.0 Å². The van der Waals surface area contributed by atoms with E-state index in [-0.39, 0.29) is 30.7 Å². The highest BCUT2D eigenvalue weighted by Crippen LogP contribution is 2.30. The molecule has 0 aliphatic carbocycles. The van der Waals surface area contributed by atoms with E-state index in [9.17, 15) is 13.5 Å². The Bertz CT molecular complexity index is 607. The molecular weight excluding hydrogens is 362 g/mol. The molecule has 1 N–H and O–H groups in total. The van der Waals surface area contributed by atoms with Gasteiger partial charge in [0.15, 0.2) is 0 Å². The van der Waals surface area contributed by atoms with Crippen molar-refractivity contribution < 1.29 is 23.0 Å². The molecule has 2 unspecified atom stereocenters. The van der Waals surface area contributed by atoms with E-state index in [1.807, 2.05) is 0 Å². The van der Waals surface area contributed by atoms with Gasteiger partial charge in [-0.05, 0) is 41.1 Å². The van der Waals surface area contributed by atoms with Crippen molar-refractivity contribution in [3.63, 3.8) is 0 Å². The molecule has 1 aliphatic rings. The Labute approximate surface area is 132 Å². The van der Waals surface area contributed by atoms with Gasteiger partial charge in [-0.25, -0.2) is 8.42 Å². The second-order valence-electron chi connectivity index (χ2n) is 4.86. The normalized spacial score (nSPS) is 24.0. The second kappa shape index (κ2) is 6.62. The molecule has 2 atom stereocenters. The first-order valence-electron chi connectivity index (χ1n) is 6.48. The lowest BCUT2D eigenvalue weighted by atomic mass is 10.2. The predicted octanol–water partition coefficient (Wildman–Crippen LogP) is 1.23. The summed E-state index contributed by atoms with van der Waals surface area (Å²) in [7, 11) is -2.13. The van der Waals surface area contributed by atoms with Crippen molar-refractivity contribution in [2.24, 2.45) is 0 Å². The third-order valence-electron chi connectivity index (χ3n) is 3.38. The predicted molar refractivity (Wildman–Crippen MR) is 80.9 cm³/mol. The molecule has 6 nitrogen and oxygen atoms in total. The molecule has 21 heavy (non-hydrogen) atoms. The van der Waals surface area contributed by atoms with Gasteiger partial charge in [0.25, 0.3) is 0 Å². The summed E-state index contributed by atoms with van der Waals surface area (Å²) in [5.41, 5.74) is 0. The summed E-state index contributed by atoms with van der Waals surface area (Å²) in [6.45, 7) is 1.99. The zero-order valence-electron chi connectivity index (χ0n) is 11.8. The van der Waals surface area contributed by atoms with Crippen LogP contribution in [0.15, 0.2) is 27.6 Å². The Morgan fingerprint density at radius 3 is 2.81 bits per heavy atom. The van der Waals surface area contributed by atoms with Gasteiger partial charge in [-0.1, -0.05) is 0 Å². The smallest absolute Gasteiger partial charge is 0.243 e. The van der Waals surface area contributed by atoms with Crippen molar-refractivity contribution in [2.75, 3.05) is 26.9 Å². The number of halogens is 1. The SMILES string of the molecule is COc1ccc(S(=O)(=O)N2CC(CO)OCC2C)cc1Br. The van der Waals surface area contributed by atoms with Crippen molar-refractivity contribution in [1.82, 2.24) is 4.31 Å². The average Bonchev–Trinajstić information content (AvgIpc) is 2.47. The molecule has 0 saturated carbocycles. The maximum atomic E-state index is 12.7. The van der Waals surface area contributed by atoms with Crippen molar-refractivity contribution in [3.05, 3.63) is 22.7 Å². The third kappa shape index (κ3) is 3.40. The molecule has 0 spiro atoms. The van der Waals surface area contributed by atoms with Gasteiger partial charge in [0.1, 0.15) is 5.75 Å². The number of rotatable bonds is 4. The molecule has 0 radical (unpaired) electrons. The van der Waals surface area contributed by atoms with Crippen LogP contribution in [0.1, 0.15) is 6.92 Å². The fraction of sp³-hybridized carbons (Fsp3) is 0.538. The lowest BCUT2D eigenvalue weighted by Gasteiger charge is -2.36. The van der Waals surface area contributed by atoms with Crippen molar-refractivity contribution in [1.29, 1.82) is 0 Å². The van der Waals surface area contributed by atoms with Crippen LogP contribution in [0.5, 0.6) is 5.75 Å². The highest BCUT2D eigenvalue weighted by molar-refractivity contribution is 9.10. The number of sulfonamides is 1. The number of benzene rings is 1. The summed E-state index contributed by atoms with van der Waals surface area (Å²) in [5, 5.41) is 9.17. The van der Waals surface area contributed by atoms with Crippen LogP contribution in [-0.4, -0.2) is 56.8 Å². The topological polar surface area (TPSA) is 76.1 Å². The summed E-state index contributed by atoms with van der Waals surface area (Å²) < 4.78 is 37.9. The van der Waals surface area contributed by atoms with Gasteiger partial charge in [-0.2, -0.15) is 4.31 Å². The minimum atomic E-state index is -3.65. The highest BCUT2D eigenvalue weighted by Gasteiger charge is 2.35. The molecule has 0 amide bonds. The van der Waals surface area contributed by atoms with Crippen LogP contribution < -0.4 is 4.74 Å². The van der Waals surface area contributed by atoms with Crippen LogP contribution in [0.4, 0.5) is 0 Å². The van der Waals surface area contributed by atoms with Crippen LogP contribution in [-0.2, 0) is 14.8 Å². The molecule has 1 heterocycles. The van der Waals surface area contributed by atoms with E-state index in [1.165, 1.54) is 23.5 Å². The number of hydrogen-bond donors (Lipinski definition) is 1. The number of nitrogens with zero attached hydrogens (tertiary/aromatic N) is 1. The summed E-state index contributed by atoms with van der Waals surface area (Å²) in [6.07, 6.45) is -0.488. The summed E-state index contributed by atoms with van der Waals surface area (Å²) in [6, 6.07) is 4.35. The molecular formula is C13H18BrNO5S. The Morgan fingerprint density at radius 2 is 2.24 bits per heavy atom. The maximum Gasteiger partial charge on any atom is 0.243 e. The molecule has 0 aromatic heterocycles. The zero-order chi connectivity index (χ0) is 15.6. The summed E-state index contributed by atoms with van der Waals surface area (Å²) >= 11 is 3.29. The molecule has 118 valence electrons. The monoisotopic (exact) mass is 379 g/mol. The van der Waals surface area contributed by atoms with Gasteiger partial charge in [0.05, 0.1) is 35.8 Å². The Morgan fingerprint density at radius 1 is 1.52 bits per heavy atom. The number of ether oxygens (including phenoxy) is 2. The first-order valence-corrected chi connectivity index (χ1v) is 8.71. The van der Waals surface area contributed by atoms with Crippen LogP contribution in [0.25, 0.3) is 0 Å². The molecule has 1 saturated heterocycles. The van der Waals surface area contributed by atoms with Crippen molar-refractivity contribution in [3.8, 4) is 5.75 Å². The van der Waals surface area contributed by atoms with E-state index in [0.29, 0.717) is 10.2 Å². The number of hydrogen-bond acceptors (Lipinski definition) is 5. The molecule has 1 aromatic carbocycles. The Balaban J connectivity index is 2.34. The van der Waals surface area contributed by atoms with E-state index in [4.69, 9.17) is 9.47 Å². The Hall–Kier alpha value is -0.670. The number of morpholine rings is 1. The minimum Gasteiger partial charge on any atom is -0.496 e. The van der Waals surface area contributed by atoms with Gasteiger partial charge in [0.2, 0.25) is 10.0 Å². The zero-order valence-corrected chi connectivity index (χ0v) is 14.2. The Kier molecular flexibility index (Phi) is 5.26. The molecule has 1 aliphatic heterocycles. The summed E-state index contributed by atoms with van der Waals surface area (Å²) in [5.74, 6) is 0.567. The van der Waals surface area contributed by atoms with Gasteiger partial charge >= 0.3 is 0 Å². The van der Waals surface area contributed by atoms with E-state index in [0.717, 1.165) is 0 Å². The van der Waals surface area contributed by atoms with Gasteiger partial charge in [0, 0.05) is 12.6 Å².